The Balaban J connectivity index is 2.63. The van der Waals surface area contributed by atoms with Crippen LogP contribution in [0.4, 0.5) is 0 Å². The molecule has 0 saturated carbocycles. The summed E-state index contributed by atoms with van der Waals surface area (Å²) in [4.78, 5) is 8.32. The van der Waals surface area contributed by atoms with E-state index in [9.17, 15) is 0 Å². The lowest BCUT2D eigenvalue weighted by Crippen LogP contribution is -2.08. The predicted molar refractivity (Wildman–Crippen MR) is 57.5 cm³/mol. The number of hydrogen-bond acceptors (Lipinski definition) is 3. The molecule has 3 nitrogen and oxygen atoms in total. The highest BCUT2D eigenvalue weighted by atomic mass is 16.3. The minimum Gasteiger partial charge on any atom is -0.453 e. The third-order valence-corrected chi connectivity index (χ3v) is 2.34. The van der Waals surface area contributed by atoms with E-state index < -0.39 is 0 Å². The quantitative estimate of drug-likeness (QED) is 0.478. The maximum Gasteiger partial charge on any atom is 0.169 e. The molecule has 0 radical (unpaired) electrons. The first kappa shape index (κ1) is 7.56. The van der Waals surface area contributed by atoms with Crippen molar-refractivity contribution in [1.29, 1.82) is 0 Å². The van der Waals surface area contributed by atoms with Gasteiger partial charge in [-0.25, -0.2) is 9.97 Å². The highest BCUT2D eigenvalue weighted by Crippen LogP contribution is 2.24. The topological polar surface area (TPSA) is 38.9 Å². The summed E-state index contributed by atoms with van der Waals surface area (Å²) in [6, 6.07) is 7.88. The van der Waals surface area contributed by atoms with Crippen molar-refractivity contribution < 1.29 is 4.42 Å². The van der Waals surface area contributed by atoms with E-state index in [0.717, 1.165) is 27.7 Å². The van der Waals surface area contributed by atoms with Gasteiger partial charge < -0.3 is 4.42 Å². The first-order chi connectivity index (χ1) is 6.86. The van der Waals surface area contributed by atoms with Crippen LogP contribution in [0, 0.1) is 0 Å². The molecule has 0 N–H and O–H groups in total. The van der Waals surface area contributed by atoms with Gasteiger partial charge in [-0.15, -0.1) is 0 Å². The van der Waals surface area contributed by atoms with Crippen LogP contribution in [0.5, 0.6) is 0 Å². The third kappa shape index (κ3) is 0.879. The number of furan rings is 1. The monoisotopic (exact) mass is 182 g/mol. The van der Waals surface area contributed by atoms with Crippen molar-refractivity contribution in [1.82, 2.24) is 9.97 Å². The molecule has 4 heteroatoms. The van der Waals surface area contributed by atoms with Crippen LogP contribution in [0.2, 0.25) is 0 Å². The zero-order valence-corrected chi connectivity index (χ0v) is 7.69. The molecular weight excluding hydrogens is 175 g/mol. The predicted octanol–water partition coefficient (Wildman–Crippen LogP) is 0.634. The molecule has 0 atom stereocenters. The van der Waals surface area contributed by atoms with Crippen LogP contribution in [0.1, 0.15) is 0 Å². The zero-order chi connectivity index (χ0) is 9.54. The van der Waals surface area contributed by atoms with Gasteiger partial charge in [0.2, 0.25) is 0 Å². The standard InChI is InChI=1S/C10H7BN2O/c11-10-9-8(12-5-13-10)6-3-1-2-4-7(6)14-9/h1-5H,11H2. The van der Waals surface area contributed by atoms with Gasteiger partial charge in [-0.1, -0.05) is 12.1 Å². The summed E-state index contributed by atoms with van der Waals surface area (Å²) in [5.74, 6) is 0. The van der Waals surface area contributed by atoms with E-state index in [1.807, 2.05) is 32.1 Å². The number of hydrogen-bond donors (Lipinski definition) is 0. The van der Waals surface area contributed by atoms with Crippen LogP contribution in [0.3, 0.4) is 0 Å². The molecule has 0 aliphatic carbocycles. The Morgan fingerprint density at radius 2 is 2.00 bits per heavy atom. The van der Waals surface area contributed by atoms with Gasteiger partial charge in [0.1, 0.15) is 17.4 Å². The van der Waals surface area contributed by atoms with Crippen molar-refractivity contribution in [3.8, 4) is 0 Å². The summed E-state index contributed by atoms with van der Waals surface area (Å²) < 4.78 is 5.66. The van der Waals surface area contributed by atoms with Crippen LogP contribution >= 0.6 is 0 Å². The van der Waals surface area contributed by atoms with Crippen molar-refractivity contribution in [2.75, 3.05) is 0 Å². The summed E-state index contributed by atoms with van der Waals surface area (Å²) in [6.45, 7) is 0. The van der Waals surface area contributed by atoms with Gasteiger partial charge in [-0.3, -0.25) is 0 Å². The zero-order valence-electron chi connectivity index (χ0n) is 7.69. The summed E-state index contributed by atoms with van der Waals surface area (Å²) >= 11 is 0. The second-order valence-corrected chi connectivity index (χ2v) is 3.24. The van der Waals surface area contributed by atoms with E-state index in [-0.39, 0.29) is 0 Å². The minimum absolute atomic E-state index is 0.786. The molecule has 0 spiro atoms. The first-order valence-electron chi connectivity index (χ1n) is 4.45. The molecule has 0 fully saturated rings. The Hall–Kier alpha value is -1.84. The number of nitrogens with zero attached hydrogens (tertiary/aromatic N) is 2. The molecule has 66 valence electrons. The fourth-order valence-corrected chi connectivity index (χ4v) is 1.64. The van der Waals surface area contributed by atoms with Gasteiger partial charge >= 0.3 is 0 Å². The molecule has 0 amide bonds. The van der Waals surface area contributed by atoms with Crippen molar-refractivity contribution in [3.63, 3.8) is 0 Å². The molecule has 3 rings (SSSR count). The van der Waals surface area contributed by atoms with Crippen molar-refractivity contribution in [3.05, 3.63) is 30.6 Å². The van der Waals surface area contributed by atoms with Crippen molar-refractivity contribution in [2.24, 2.45) is 0 Å². The Bertz CT molecular complexity index is 618. The van der Waals surface area contributed by atoms with Crippen LogP contribution < -0.4 is 5.59 Å². The van der Waals surface area contributed by atoms with E-state index in [2.05, 4.69) is 9.97 Å². The van der Waals surface area contributed by atoms with Gasteiger partial charge in [0.25, 0.3) is 0 Å². The molecule has 2 heterocycles. The van der Waals surface area contributed by atoms with E-state index in [0.29, 0.717) is 0 Å². The van der Waals surface area contributed by atoms with E-state index >= 15 is 0 Å². The first-order valence-corrected chi connectivity index (χ1v) is 4.45. The molecular formula is C10H7BN2O. The highest BCUT2D eigenvalue weighted by molar-refractivity contribution is 6.36. The molecule has 2 aromatic heterocycles. The van der Waals surface area contributed by atoms with E-state index in [4.69, 9.17) is 4.42 Å². The number of aromatic nitrogens is 2. The van der Waals surface area contributed by atoms with E-state index in [1.54, 1.807) is 6.33 Å². The van der Waals surface area contributed by atoms with Gasteiger partial charge in [0.05, 0.1) is 0 Å². The maximum absolute atomic E-state index is 5.66. The molecule has 0 unspecified atom stereocenters. The fraction of sp³-hybridized carbons (Fsp3) is 0. The van der Waals surface area contributed by atoms with E-state index in [1.165, 1.54) is 0 Å². The van der Waals surface area contributed by atoms with Gasteiger partial charge in [0, 0.05) is 11.0 Å². The Morgan fingerprint density at radius 3 is 2.93 bits per heavy atom. The lowest BCUT2D eigenvalue weighted by atomic mass is 10.0. The number of benzene rings is 1. The molecule has 3 aromatic rings. The van der Waals surface area contributed by atoms with Crippen LogP contribution in [-0.2, 0) is 0 Å². The fourth-order valence-electron chi connectivity index (χ4n) is 1.64. The molecule has 0 saturated heterocycles. The molecule has 0 aliphatic rings. The summed E-state index contributed by atoms with van der Waals surface area (Å²) in [5.41, 5.74) is 3.43. The normalized spacial score (nSPS) is 11.1. The average molecular weight is 182 g/mol. The van der Waals surface area contributed by atoms with Gasteiger partial charge in [-0.05, 0) is 12.1 Å². The summed E-state index contributed by atoms with van der Waals surface area (Å²) in [6.07, 6.45) is 1.57. The highest BCUT2D eigenvalue weighted by Gasteiger charge is 2.08. The molecule has 0 bridgehead atoms. The Kier molecular flexibility index (Phi) is 1.39. The second kappa shape index (κ2) is 2.58. The SMILES string of the molecule is Bc1ncnc2c1oc1ccccc12. The molecule has 0 aliphatic heterocycles. The lowest BCUT2D eigenvalue weighted by molar-refractivity contribution is 0.669. The van der Waals surface area contributed by atoms with Crippen LogP contribution in [0.15, 0.2) is 35.0 Å². The number of para-hydroxylation sites is 1. The largest absolute Gasteiger partial charge is 0.453 e. The molecule has 14 heavy (non-hydrogen) atoms. The lowest BCUT2D eigenvalue weighted by Gasteiger charge is -1.90. The summed E-state index contributed by atoms with van der Waals surface area (Å²) in [7, 11) is 1.92. The van der Waals surface area contributed by atoms with Gasteiger partial charge in [0.15, 0.2) is 13.4 Å². The second-order valence-electron chi connectivity index (χ2n) is 3.24. The average Bonchev–Trinajstić information content (AvgIpc) is 2.59. The number of rotatable bonds is 0. The Morgan fingerprint density at radius 1 is 1.14 bits per heavy atom. The summed E-state index contributed by atoms with van der Waals surface area (Å²) in [5, 5.41) is 1.05. The minimum atomic E-state index is 0.786. The van der Waals surface area contributed by atoms with Crippen LogP contribution in [0.25, 0.3) is 22.1 Å². The van der Waals surface area contributed by atoms with Gasteiger partial charge in [-0.2, -0.15) is 0 Å². The third-order valence-electron chi connectivity index (χ3n) is 2.34. The Labute approximate surface area is 81.2 Å². The maximum atomic E-state index is 5.66. The molecule has 1 aromatic carbocycles. The van der Waals surface area contributed by atoms with Crippen LogP contribution in [-0.4, -0.2) is 17.8 Å². The van der Waals surface area contributed by atoms with Crippen molar-refractivity contribution in [2.45, 2.75) is 0 Å². The number of fused-ring (bicyclic) bond motifs is 3. The smallest absolute Gasteiger partial charge is 0.169 e. The van der Waals surface area contributed by atoms with Crippen molar-refractivity contribution >= 4 is 35.5 Å².